The molecule has 0 fully saturated rings. The molecule has 24 heavy (non-hydrogen) atoms. The van der Waals surface area contributed by atoms with Crippen LogP contribution >= 0.6 is 0 Å². The first-order chi connectivity index (χ1) is 11.8. The topological polar surface area (TPSA) is 57.0 Å². The molecule has 0 aliphatic heterocycles. The number of carbonyl (C=O) groups excluding carboxylic acids is 1. The molecule has 0 saturated carbocycles. The van der Waals surface area contributed by atoms with Crippen molar-refractivity contribution in [2.45, 2.75) is 6.92 Å². The van der Waals surface area contributed by atoms with Crippen molar-refractivity contribution >= 4 is 11.9 Å². The van der Waals surface area contributed by atoms with Gasteiger partial charge in [-0.05, 0) is 37.3 Å². The zero-order chi connectivity index (χ0) is 16.8. The van der Waals surface area contributed by atoms with Crippen LogP contribution in [0.5, 0.6) is 5.75 Å². The number of rotatable bonds is 6. The number of ether oxygens (including phenoxy) is 1. The van der Waals surface area contributed by atoms with Crippen molar-refractivity contribution in [1.82, 2.24) is 15.0 Å². The van der Waals surface area contributed by atoms with E-state index in [1.165, 1.54) is 6.08 Å². The molecule has 0 radical (unpaired) electrons. The Bertz CT molecular complexity index is 854. The fourth-order valence-electron chi connectivity index (χ4n) is 2.24. The molecule has 120 valence electrons. The normalized spacial score (nSPS) is 10.9. The van der Waals surface area contributed by atoms with Gasteiger partial charge in [0.1, 0.15) is 5.75 Å². The van der Waals surface area contributed by atoms with Crippen molar-refractivity contribution in [2.75, 3.05) is 6.61 Å². The van der Waals surface area contributed by atoms with Crippen LogP contribution < -0.4 is 4.74 Å². The van der Waals surface area contributed by atoms with Crippen LogP contribution in [0.25, 0.3) is 11.8 Å². The van der Waals surface area contributed by atoms with Crippen LogP contribution in [0.3, 0.4) is 0 Å². The highest BCUT2D eigenvalue weighted by atomic mass is 16.5. The highest BCUT2D eigenvalue weighted by molar-refractivity contribution is 6.05. The van der Waals surface area contributed by atoms with Crippen molar-refractivity contribution in [1.29, 1.82) is 0 Å². The maximum absolute atomic E-state index is 12.3. The zero-order valence-corrected chi connectivity index (χ0v) is 13.3. The lowest BCUT2D eigenvalue weighted by Gasteiger charge is -2.05. The lowest BCUT2D eigenvalue weighted by atomic mass is 10.1. The van der Waals surface area contributed by atoms with E-state index in [2.05, 4.69) is 10.3 Å². The lowest BCUT2D eigenvalue weighted by molar-refractivity contribution is 0.104. The van der Waals surface area contributed by atoms with Gasteiger partial charge in [0.05, 0.1) is 18.5 Å². The molecule has 0 aliphatic carbocycles. The predicted octanol–water partition coefficient (Wildman–Crippen LogP) is 3.56. The minimum Gasteiger partial charge on any atom is -0.493 e. The Kier molecular flexibility index (Phi) is 4.81. The Morgan fingerprint density at radius 3 is 2.67 bits per heavy atom. The van der Waals surface area contributed by atoms with E-state index in [0.717, 1.165) is 17.0 Å². The van der Waals surface area contributed by atoms with Crippen LogP contribution in [0, 0.1) is 0 Å². The average molecular weight is 319 g/mol. The van der Waals surface area contributed by atoms with Gasteiger partial charge in [0.2, 0.25) is 5.78 Å². The molecule has 1 aromatic heterocycles. The van der Waals surface area contributed by atoms with Gasteiger partial charge in [0.15, 0.2) is 5.69 Å². The van der Waals surface area contributed by atoms with Crippen molar-refractivity contribution in [3.05, 3.63) is 78.1 Å². The summed E-state index contributed by atoms with van der Waals surface area (Å²) in [7, 11) is 0. The Morgan fingerprint density at radius 1 is 1.12 bits per heavy atom. The van der Waals surface area contributed by atoms with Gasteiger partial charge in [-0.3, -0.25) is 4.79 Å². The van der Waals surface area contributed by atoms with Gasteiger partial charge >= 0.3 is 0 Å². The maximum atomic E-state index is 12.3. The average Bonchev–Trinajstić information content (AvgIpc) is 3.12. The maximum Gasteiger partial charge on any atom is 0.207 e. The second-order valence-electron chi connectivity index (χ2n) is 5.05. The Morgan fingerprint density at radius 2 is 1.88 bits per heavy atom. The van der Waals surface area contributed by atoms with Crippen LogP contribution in [-0.2, 0) is 0 Å². The molecule has 0 spiro atoms. The number of allylic oxidation sites excluding steroid dienone is 1. The standard InChI is InChI=1S/C19H17N3O2/c1-2-24-19-11-7-6-8-15(19)12-13-18(23)17-14-22(21-20-17)16-9-4-3-5-10-16/h3-14H,2H2,1H3. The Labute approximate surface area is 140 Å². The van der Waals surface area contributed by atoms with Gasteiger partial charge in [-0.2, -0.15) is 0 Å². The molecule has 0 N–H and O–H groups in total. The van der Waals surface area contributed by atoms with Crippen molar-refractivity contribution in [3.63, 3.8) is 0 Å². The summed E-state index contributed by atoms with van der Waals surface area (Å²) in [6.45, 7) is 2.50. The van der Waals surface area contributed by atoms with Gasteiger partial charge in [-0.25, -0.2) is 4.68 Å². The number of hydrogen-bond donors (Lipinski definition) is 0. The van der Waals surface area contributed by atoms with E-state index in [1.54, 1.807) is 17.0 Å². The second kappa shape index (κ2) is 7.37. The lowest BCUT2D eigenvalue weighted by Crippen LogP contribution is -1.96. The summed E-state index contributed by atoms with van der Waals surface area (Å²) in [6, 6.07) is 17.1. The molecule has 0 amide bonds. The Hall–Kier alpha value is -3.21. The predicted molar refractivity (Wildman–Crippen MR) is 92.3 cm³/mol. The molecule has 5 heteroatoms. The van der Waals surface area contributed by atoms with Gasteiger partial charge in [0, 0.05) is 5.56 Å². The number of para-hydroxylation sites is 2. The van der Waals surface area contributed by atoms with Crippen molar-refractivity contribution in [3.8, 4) is 11.4 Å². The van der Waals surface area contributed by atoms with Gasteiger partial charge in [-0.15, -0.1) is 5.10 Å². The second-order valence-corrected chi connectivity index (χ2v) is 5.05. The summed E-state index contributed by atoms with van der Waals surface area (Å²) in [6.07, 6.45) is 4.84. The van der Waals surface area contributed by atoms with E-state index in [1.807, 2.05) is 61.5 Å². The minimum absolute atomic E-state index is 0.205. The molecule has 2 aromatic carbocycles. The van der Waals surface area contributed by atoms with Gasteiger partial charge in [-0.1, -0.05) is 41.6 Å². The van der Waals surface area contributed by atoms with E-state index in [4.69, 9.17) is 4.74 Å². The summed E-state index contributed by atoms with van der Waals surface area (Å²) >= 11 is 0. The largest absolute Gasteiger partial charge is 0.493 e. The fraction of sp³-hybridized carbons (Fsp3) is 0.105. The Balaban J connectivity index is 1.77. The minimum atomic E-state index is -0.205. The number of aromatic nitrogens is 3. The molecule has 0 atom stereocenters. The smallest absolute Gasteiger partial charge is 0.207 e. The molecule has 0 unspecified atom stereocenters. The van der Waals surface area contributed by atoms with E-state index < -0.39 is 0 Å². The van der Waals surface area contributed by atoms with Gasteiger partial charge in [0.25, 0.3) is 0 Å². The third-order valence-electron chi connectivity index (χ3n) is 3.40. The van der Waals surface area contributed by atoms with Crippen molar-refractivity contribution < 1.29 is 9.53 Å². The number of ketones is 1. The quantitative estimate of drug-likeness (QED) is 0.515. The third-order valence-corrected chi connectivity index (χ3v) is 3.40. The molecule has 1 heterocycles. The first-order valence-corrected chi connectivity index (χ1v) is 7.70. The monoisotopic (exact) mass is 319 g/mol. The highest BCUT2D eigenvalue weighted by Crippen LogP contribution is 2.19. The van der Waals surface area contributed by atoms with Crippen LogP contribution in [0.4, 0.5) is 0 Å². The van der Waals surface area contributed by atoms with Crippen LogP contribution in [0.15, 0.2) is 66.9 Å². The summed E-state index contributed by atoms with van der Waals surface area (Å²) in [5, 5.41) is 7.94. The number of nitrogens with zero attached hydrogens (tertiary/aromatic N) is 3. The van der Waals surface area contributed by atoms with E-state index in [9.17, 15) is 4.79 Å². The first-order valence-electron chi connectivity index (χ1n) is 7.70. The van der Waals surface area contributed by atoms with E-state index in [0.29, 0.717) is 12.3 Å². The molecular weight excluding hydrogens is 302 g/mol. The highest BCUT2D eigenvalue weighted by Gasteiger charge is 2.09. The molecule has 3 aromatic rings. The van der Waals surface area contributed by atoms with Gasteiger partial charge < -0.3 is 4.74 Å². The SMILES string of the molecule is CCOc1ccccc1C=CC(=O)c1cn(-c2ccccc2)nn1. The molecule has 0 aliphatic rings. The summed E-state index contributed by atoms with van der Waals surface area (Å²) in [5.41, 5.74) is 2.00. The third kappa shape index (κ3) is 3.57. The van der Waals surface area contributed by atoms with Crippen LogP contribution in [0.1, 0.15) is 23.0 Å². The number of carbonyl (C=O) groups is 1. The molecule has 5 nitrogen and oxygen atoms in total. The van der Waals surface area contributed by atoms with E-state index >= 15 is 0 Å². The number of benzene rings is 2. The fourth-order valence-corrected chi connectivity index (χ4v) is 2.24. The first kappa shape index (κ1) is 15.7. The number of hydrogen-bond acceptors (Lipinski definition) is 4. The van der Waals surface area contributed by atoms with Crippen molar-refractivity contribution in [2.24, 2.45) is 0 Å². The summed E-state index contributed by atoms with van der Waals surface area (Å²) in [4.78, 5) is 12.3. The molecule has 3 rings (SSSR count). The molecular formula is C19H17N3O2. The van der Waals surface area contributed by atoms with E-state index in [-0.39, 0.29) is 5.78 Å². The van der Waals surface area contributed by atoms with Crippen LogP contribution in [0.2, 0.25) is 0 Å². The zero-order valence-electron chi connectivity index (χ0n) is 13.3. The molecule has 0 bridgehead atoms. The molecule has 0 saturated heterocycles. The summed E-state index contributed by atoms with van der Waals surface area (Å²) < 4.78 is 7.12. The van der Waals surface area contributed by atoms with Crippen LogP contribution in [-0.4, -0.2) is 27.4 Å². The summed E-state index contributed by atoms with van der Waals surface area (Å²) in [5.74, 6) is 0.542.